The first-order valence-electron chi connectivity index (χ1n) is 13.4. The van der Waals surface area contributed by atoms with Crippen LogP contribution in [0.25, 0.3) is 16.8 Å². The van der Waals surface area contributed by atoms with E-state index < -0.39 is 18.2 Å². The van der Waals surface area contributed by atoms with Crippen LogP contribution in [0.15, 0.2) is 60.9 Å². The first kappa shape index (κ1) is 26.3. The second-order valence-corrected chi connectivity index (χ2v) is 11.0. The molecule has 208 valence electrons. The van der Waals surface area contributed by atoms with E-state index in [1.165, 1.54) is 18.2 Å². The monoisotopic (exact) mass is 549 g/mol. The molecule has 2 aromatic heterocycles. The van der Waals surface area contributed by atoms with Crippen LogP contribution in [0.2, 0.25) is 0 Å². The molecule has 4 heterocycles. The van der Waals surface area contributed by atoms with E-state index in [9.17, 15) is 23.1 Å². The lowest BCUT2D eigenvalue weighted by atomic mass is 9.86. The first-order chi connectivity index (χ1) is 19.0. The molecule has 10 heteroatoms. The van der Waals surface area contributed by atoms with Gasteiger partial charge in [-0.05, 0) is 42.9 Å². The van der Waals surface area contributed by atoms with Crippen molar-refractivity contribution in [1.82, 2.24) is 19.3 Å². The Morgan fingerprint density at radius 3 is 2.60 bits per heavy atom. The van der Waals surface area contributed by atoms with Gasteiger partial charge in [-0.25, -0.2) is 9.97 Å². The predicted octanol–water partition coefficient (Wildman–Crippen LogP) is 5.21. The van der Waals surface area contributed by atoms with E-state index in [4.69, 9.17) is 10.7 Å². The lowest BCUT2D eigenvalue weighted by Crippen LogP contribution is -2.41. The summed E-state index contributed by atoms with van der Waals surface area (Å²) in [5.41, 5.74) is 7.88. The summed E-state index contributed by atoms with van der Waals surface area (Å²) in [4.78, 5) is 23.7. The number of rotatable bonds is 5. The summed E-state index contributed by atoms with van der Waals surface area (Å²) in [5.74, 6) is 1.42. The number of piperidine rings is 1. The Labute approximate surface area is 229 Å². The number of nitrogen functional groups attached to an aromatic ring is 1. The maximum absolute atomic E-state index is 12.9. The van der Waals surface area contributed by atoms with Crippen LogP contribution in [-0.2, 0) is 16.8 Å². The summed E-state index contributed by atoms with van der Waals surface area (Å²) < 4.78 is 40.8. The molecule has 0 radical (unpaired) electrons. The third kappa shape index (κ3) is 4.70. The van der Waals surface area contributed by atoms with Crippen molar-refractivity contribution < 1.29 is 23.1 Å². The number of benzene rings is 2. The summed E-state index contributed by atoms with van der Waals surface area (Å²) in [6.45, 7) is 2.19. The molecule has 2 aromatic carbocycles. The molecular formula is C30H30F3N5O2. The smallest absolute Gasteiger partial charge is 0.382 e. The number of nitrogens with two attached hydrogens (primary N) is 1. The lowest BCUT2D eigenvalue weighted by Gasteiger charge is -2.34. The fourth-order valence-corrected chi connectivity index (χ4v) is 6.19. The molecule has 0 saturated carbocycles. The van der Waals surface area contributed by atoms with Gasteiger partial charge in [-0.2, -0.15) is 13.2 Å². The molecule has 2 aliphatic rings. The van der Waals surface area contributed by atoms with E-state index >= 15 is 0 Å². The molecule has 1 unspecified atom stereocenters. The van der Waals surface area contributed by atoms with Crippen LogP contribution in [0, 0.1) is 0 Å². The minimum Gasteiger partial charge on any atom is -0.382 e. The van der Waals surface area contributed by atoms with Crippen molar-refractivity contribution in [1.29, 1.82) is 0 Å². The largest absolute Gasteiger partial charge is 0.393 e. The van der Waals surface area contributed by atoms with E-state index in [0.29, 0.717) is 47.2 Å². The van der Waals surface area contributed by atoms with Crippen LogP contribution >= 0.6 is 0 Å². The number of carbonyl (C=O) groups is 1. The van der Waals surface area contributed by atoms with Crippen molar-refractivity contribution in [2.45, 2.75) is 62.8 Å². The van der Waals surface area contributed by atoms with Crippen LogP contribution in [0.4, 0.5) is 19.0 Å². The van der Waals surface area contributed by atoms with Gasteiger partial charge in [0.1, 0.15) is 28.5 Å². The molecule has 0 spiro atoms. The Balaban J connectivity index is 1.33. The van der Waals surface area contributed by atoms with Crippen molar-refractivity contribution >= 4 is 17.2 Å². The molecule has 3 N–H and O–H groups in total. The second-order valence-electron chi connectivity index (χ2n) is 11.0. The average molecular weight is 550 g/mol. The van der Waals surface area contributed by atoms with Gasteiger partial charge in [0.05, 0.1) is 6.42 Å². The highest BCUT2D eigenvalue weighted by Gasteiger charge is 2.38. The molecule has 6 rings (SSSR count). The van der Waals surface area contributed by atoms with Gasteiger partial charge in [-0.1, -0.05) is 48.5 Å². The Hall–Kier alpha value is -3.92. The number of imidazole rings is 1. The highest BCUT2D eigenvalue weighted by Crippen LogP contribution is 2.39. The number of aromatic nitrogens is 3. The Bertz CT molecular complexity index is 1580. The van der Waals surface area contributed by atoms with Crippen molar-refractivity contribution in [2.24, 2.45) is 0 Å². The minimum absolute atomic E-state index is 0.0605. The molecule has 2 saturated heterocycles. The maximum atomic E-state index is 12.9. The van der Waals surface area contributed by atoms with Crippen molar-refractivity contribution in [2.75, 3.05) is 12.3 Å². The topological polar surface area (TPSA) is 96.8 Å². The van der Waals surface area contributed by atoms with Crippen molar-refractivity contribution in [3.05, 3.63) is 83.4 Å². The van der Waals surface area contributed by atoms with Gasteiger partial charge >= 0.3 is 6.18 Å². The number of hydrogen-bond donors (Lipinski definition) is 2. The third-order valence-electron chi connectivity index (χ3n) is 8.31. The van der Waals surface area contributed by atoms with Crippen LogP contribution in [0.5, 0.6) is 0 Å². The summed E-state index contributed by atoms with van der Waals surface area (Å²) >= 11 is 0. The van der Waals surface area contributed by atoms with E-state index in [-0.39, 0.29) is 17.4 Å². The molecule has 0 aliphatic carbocycles. The molecule has 2 aliphatic heterocycles. The molecule has 3 atom stereocenters. The van der Waals surface area contributed by atoms with Crippen LogP contribution in [-0.4, -0.2) is 49.0 Å². The van der Waals surface area contributed by atoms with E-state index in [2.05, 4.69) is 4.98 Å². The van der Waals surface area contributed by atoms with Gasteiger partial charge in [0.25, 0.3) is 0 Å². The number of aliphatic hydroxyl groups is 1. The minimum atomic E-state index is -4.33. The van der Waals surface area contributed by atoms with Gasteiger partial charge in [0, 0.05) is 42.9 Å². The number of amides is 1. The van der Waals surface area contributed by atoms with Gasteiger partial charge in [-0.3, -0.25) is 9.20 Å². The average Bonchev–Trinajstić information content (AvgIpc) is 3.49. The number of halogens is 3. The number of fused-ring (bicyclic) bond motifs is 2. The molecule has 7 nitrogen and oxygen atoms in total. The molecule has 1 amide bonds. The second kappa shape index (κ2) is 9.62. The standard InChI is InChI=1S/C30H30F3N5O2/c1-29(40,22-4-2-3-18(15-22)16-30(31,32)33)21-8-5-19(6-9-21)25-26-27(34)35-13-14-37(26)28(36-25)20-7-10-23-11-12-24(39)38(23)17-20/h2-6,8-9,13-15,20,23,40H,7,10-12,16-17H2,1H3,(H2,34,35)/t20-,23+,29?/m1/s1. The van der Waals surface area contributed by atoms with Crippen molar-refractivity contribution in [3.63, 3.8) is 0 Å². The molecule has 40 heavy (non-hydrogen) atoms. The van der Waals surface area contributed by atoms with Crippen LogP contribution in [0.1, 0.15) is 61.0 Å². The van der Waals surface area contributed by atoms with E-state index in [0.717, 1.165) is 30.7 Å². The van der Waals surface area contributed by atoms with Crippen molar-refractivity contribution in [3.8, 4) is 11.3 Å². The zero-order valence-corrected chi connectivity index (χ0v) is 22.0. The van der Waals surface area contributed by atoms with Gasteiger partial charge < -0.3 is 15.7 Å². The molecule has 2 fully saturated rings. The lowest BCUT2D eigenvalue weighted by molar-refractivity contribution is -0.130. The van der Waals surface area contributed by atoms with E-state index in [1.54, 1.807) is 31.3 Å². The molecular weight excluding hydrogens is 519 g/mol. The van der Waals surface area contributed by atoms with Gasteiger partial charge in [0.15, 0.2) is 0 Å². The SMILES string of the molecule is CC(O)(c1ccc(-c2nc([C@@H]3CC[C@H]4CCC(=O)N4C3)n3ccnc(N)c23)cc1)c1cccc(CC(F)(F)F)c1. The summed E-state index contributed by atoms with van der Waals surface area (Å²) in [5, 5.41) is 11.4. The molecule has 0 bridgehead atoms. The number of carbonyl (C=O) groups excluding carboxylic acids is 1. The number of hydrogen-bond acceptors (Lipinski definition) is 5. The number of nitrogens with zero attached hydrogens (tertiary/aromatic N) is 4. The number of anilines is 1. The zero-order valence-electron chi connectivity index (χ0n) is 22.0. The quantitative estimate of drug-likeness (QED) is 0.356. The Kier molecular flexibility index (Phi) is 6.33. The summed E-state index contributed by atoms with van der Waals surface area (Å²) in [7, 11) is 0. The normalized spacial score (nSPS) is 21.0. The zero-order chi connectivity index (χ0) is 28.2. The van der Waals surface area contributed by atoms with Crippen LogP contribution in [0.3, 0.4) is 0 Å². The first-order valence-corrected chi connectivity index (χ1v) is 13.4. The van der Waals surface area contributed by atoms with Gasteiger partial charge in [-0.15, -0.1) is 0 Å². The fraction of sp³-hybridized carbons (Fsp3) is 0.367. The fourth-order valence-electron chi connectivity index (χ4n) is 6.19. The van der Waals surface area contributed by atoms with Crippen LogP contribution < -0.4 is 5.73 Å². The highest BCUT2D eigenvalue weighted by atomic mass is 19.4. The number of alkyl halides is 3. The summed E-state index contributed by atoms with van der Waals surface area (Å²) in [6.07, 6.45) is 1.45. The Morgan fingerprint density at radius 2 is 1.85 bits per heavy atom. The highest BCUT2D eigenvalue weighted by molar-refractivity contribution is 5.85. The summed E-state index contributed by atoms with van der Waals surface area (Å²) in [6, 6.07) is 13.4. The Morgan fingerprint density at radius 1 is 1.07 bits per heavy atom. The van der Waals surface area contributed by atoms with Gasteiger partial charge in [0.2, 0.25) is 5.91 Å². The maximum Gasteiger partial charge on any atom is 0.393 e. The predicted molar refractivity (Wildman–Crippen MR) is 144 cm³/mol. The third-order valence-corrected chi connectivity index (χ3v) is 8.31. The molecule has 4 aromatic rings. The van der Waals surface area contributed by atoms with E-state index in [1.807, 2.05) is 27.6 Å².